The minimum Gasteiger partial charge on any atom is -0.396 e. The van der Waals surface area contributed by atoms with Crippen molar-refractivity contribution in [2.75, 3.05) is 5.73 Å². The Morgan fingerprint density at radius 1 is 0.950 bits per heavy atom. The van der Waals surface area contributed by atoms with E-state index in [-0.39, 0.29) is 0 Å². The van der Waals surface area contributed by atoms with Crippen LogP contribution in [0, 0.1) is 27.7 Å². The van der Waals surface area contributed by atoms with E-state index in [1.54, 1.807) is 0 Å². The van der Waals surface area contributed by atoms with Crippen LogP contribution in [0.4, 0.5) is 5.69 Å². The molecule has 0 unspecified atom stereocenters. The standard InChI is InChI=1S/C17H19N3/c1-10-5-7-14(9-11(10)2)16-13(4)20-12(3)6-8-15(18)17(20)19-16/h5-9H,18H2,1-4H3. The van der Waals surface area contributed by atoms with Gasteiger partial charge >= 0.3 is 0 Å². The van der Waals surface area contributed by atoms with E-state index in [2.05, 4.69) is 50.3 Å². The summed E-state index contributed by atoms with van der Waals surface area (Å²) in [5.41, 5.74) is 14.6. The highest BCUT2D eigenvalue weighted by Crippen LogP contribution is 2.28. The number of hydrogen-bond donors (Lipinski definition) is 1. The maximum atomic E-state index is 6.06. The summed E-state index contributed by atoms with van der Waals surface area (Å²) >= 11 is 0. The van der Waals surface area contributed by atoms with Gasteiger partial charge in [0.25, 0.3) is 0 Å². The van der Waals surface area contributed by atoms with E-state index >= 15 is 0 Å². The number of imidazole rings is 1. The fourth-order valence-electron chi connectivity index (χ4n) is 2.65. The van der Waals surface area contributed by atoms with Crippen molar-refractivity contribution in [1.82, 2.24) is 9.38 Å². The molecule has 0 aliphatic rings. The van der Waals surface area contributed by atoms with Crippen molar-refractivity contribution in [3.05, 3.63) is 52.8 Å². The third-order valence-electron chi connectivity index (χ3n) is 4.00. The largest absolute Gasteiger partial charge is 0.396 e. The fourth-order valence-corrected chi connectivity index (χ4v) is 2.65. The number of nitrogens with two attached hydrogens (primary N) is 1. The van der Waals surface area contributed by atoms with Crippen LogP contribution < -0.4 is 5.73 Å². The molecule has 3 heteroatoms. The molecule has 0 aliphatic carbocycles. The quantitative estimate of drug-likeness (QED) is 0.727. The summed E-state index contributed by atoms with van der Waals surface area (Å²) in [5, 5.41) is 0. The van der Waals surface area contributed by atoms with Crippen LogP contribution in [0.15, 0.2) is 30.3 Å². The third-order valence-corrected chi connectivity index (χ3v) is 4.00. The highest BCUT2D eigenvalue weighted by atomic mass is 15.0. The zero-order valence-corrected chi connectivity index (χ0v) is 12.4. The maximum absolute atomic E-state index is 6.06. The van der Waals surface area contributed by atoms with Gasteiger partial charge in [0.15, 0.2) is 5.65 Å². The Morgan fingerprint density at radius 2 is 1.70 bits per heavy atom. The number of benzene rings is 1. The number of nitrogen functional groups attached to an aromatic ring is 1. The molecule has 2 heterocycles. The second-order valence-corrected chi connectivity index (χ2v) is 5.43. The van der Waals surface area contributed by atoms with Gasteiger partial charge in [-0.1, -0.05) is 12.1 Å². The Balaban J connectivity index is 2.32. The molecule has 3 rings (SSSR count). The number of nitrogens with zero attached hydrogens (tertiary/aromatic N) is 2. The van der Waals surface area contributed by atoms with E-state index < -0.39 is 0 Å². The van der Waals surface area contributed by atoms with Crippen LogP contribution in [0.25, 0.3) is 16.9 Å². The van der Waals surface area contributed by atoms with Crippen molar-refractivity contribution in [3.63, 3.8) is 0 Å². The van der Waals surface area contributed by atoms with Crippen LogP contribution in [0.3, 0.4) is 0 Å². The summed E-state index contributed by atoms with van der Waals surface area (Å²) in [5.74, 6) is 0. The van der Waals surface area contributed by atoms with Gasteiger partial charge in [0.2, 0.25) is 0 Å². The summed E-state index contributed by atoms with van der Waals surface area (Å²) < 4.78 is 2.12. The van der Waals surface area contributed by atoms with Gasteiger partial charge in [-0.15, -0.1) is 0 Å². The molecule has 102 valence electrons. The van der Waals surface area contributed by atoms with Gasteiger partial charge in [-0.25, -0.2) is 4.98 Å². The first kappa shape index (κ1) is 12.7. The number of fused-ring (bicyclic) bond motifs is 1. The first-order valence-electron chi connectivity index (χ1n) is 6.81. The average Bonchev–Trinajstić information content (AvgIpc) is 2.77. The SMILES string of the molecule is Cc1ccc(-c2nc3c(N)ccc(C)n3c2C)cc1C. The van der Waals surface area contributed by atoms with E-state index in [1.165, 1.54) is 11.1 Å². The molecule has 0 fully saturated rings. The minimum absolute atomic E-state index is 0.716. The molecular weight excluding hydrogens is 246 g/mol. The summed E-state index contributed by atoms with van der Waals surface area (Å²) in [7, 11) is 0. The van der Waals surface area contributed by atoms with Gasteiger partial charge in [0, 0.05) is 17.0 Å². The Bertz CT molecular complexity index is 813. The van der Waals surface area contributed by atoms with Crippen molar-refractivity contribution in [3.8, 4) is 11.3 Å². The topological polar surface area (TPSA) is 43.3 Å². The lowest BCUT2D eigenvalue weighted by molar-refractivity contribution is 1.04. The second kappa shape index (κ2) is 4.37. The molecule has 0 bridgehead atoms. The Morgan fingerprint density at radius 3 is 2.35 bits per heavy atom. The van der Waals surface area contributed by atoms with Crippen LogP contribution in [0.2, 0.25) is 0 Å². The number of aromatic nitrogens is 2. The second-order valence-electron chi connectivity index (χ2n) is 5.43. The summed E-state index contributed by atoms with van der Waals surface area (Å²) in [6.45, 7) is 8.42. The number of pyridine rings is 1. The van der Waals surface area contributed by atoms with Crippen LogP contribution >= 0.6 is 0 Å². The smallest absolute Gasteiger partial charge is 0.161 e. The average molecular weight is 265 g/mol. The first-order chi connectivity index (χ1) is 9.49. The highest BCUT2D eigenvalue weighted by Gasteiger charge is 2.14. The van der Waals surface area contributed by atoms with E-state index in [0.29, 0.717) is 5.69 Å². The molecule has 2 N–H and O–H groups in total. The molecule has 2 aromatic heterocycles. The van der Waals surface area contributed by atoms with E-state index in [1.807, 2.05) is 12.1 Å². The van der Waals surface area contributed by atoms with Crippen LogP contribution in [0.5, 0.6) is 0 Å². The van der Waals surface area contributed by atoms with Gasteiger partial charge < -0.3 is 5.73 Å². The Kier molecular flexibility index (Phi) is 2.78. The molecule has 0 spiro atoms. The van der Waals surface area contributed by atoms with Gasteiger partial charge in [-0.2, -0.15) is 0 Å². The summed E-state index contributed by atoms with van der Waals surface area (Å²) in [6.07, 6.45) is 0. The Labute approximate surface area is 119 Å². The molecule has 3 nitrogen and oxygen atoms in total. The zero-order valence-electron chi connectivity index (χ0n) is 12.4. The monoisotopic (exact) mass is 265 g/mol. The number of aryl methyl sites for hydroxylation is 4. The zero-order chi connectivity index (χ0) is 14.4. The lowest BCUT2D eigenvalue weighted by atomic mass is 10.0. The first-order valence-corrected chi connectivity index (χ1v) is 6.81. The maximum Gasteiger partial charge on any atom is 0.161 e. The molecule has 0 saturated carbocycles. The lowest BCUT2D eigenvalue weighted by Gasteiger charge is -2.05. The van der Waals surface area contributed by atoms with Gasteiger partial charge in [-0.3, -0.25) is 4.40 Å². The molecule has 0 saturated heterocycles. The molecule has 0 amide bonds. The predicted molar refractivity (Wildman–Crippen MR) is 84.0 cm³/mol. The van der Waals surface area contributed by atoms with Crippen molar-refractivity contribution in [2.24, 2.45) is 0 Å². The molecule has 1 aromatic carbocycles. The number of hydrogen-bond acceptors (Lipinski definition) is 2. The Hall–Kier alpha value is -2.29. The normalized spacial score (nSPS) is 11.2. The van der Waals surface area contributed by atoms with Gasteiger partial charge in [-0.05, 0) is 57.0 Å². The lowest BCUT2D eigenvalue weighted by Crippen LogP contribution is -1.97. The minimum atomic E-state index is 0.716. The molecule has 0 atom stereocenters. The van der Waals surface area contributed by atoms with E-state index in [9.17, 15) is 0 Å². The van der Waals surface area contributed by atoms with Crippen molar-refractivity contribution in [1.29, 1.82) is 0 Å². The highest BCUT2D eigenvalue weighted by molar-refractivity contribution is 5.74. The van der Waals surface area contributed by atoms with Crippen LogP contribution in [0.1, 0.15) is 22.5 Å². The van der Waals surface area contributed by atoms with Crippen LogP contribution in [-0.2, 0) is 0 Å². The van der Waals surface area contributed by atoms with Crippen molar-refractivity contribution in [2.45, 2.75) is 27.7 Å². The summed E-state index contributed by atoms with van der Waals surface area (Å²) in [4.78, 5) is 4.75. The van der Waals surface area contributed by atoms with Gasteiger partial charge in [0.1, 0.15) is 0 Å². The summed E-state index contributed by atoms with van der Waals surface area (Å²) in [6, 6.07) is 10.4. The number of rotatable bonds is 1. The third kappa shape index (κ3) is 1.78. The van der Waals surface area contributed by atoms with Crippen molar-refractivity contribution >= 4 is 11.3 Å². The predicted octanol–water partition coefficient (Wildman–Crippen LogP) is 3.82. The van der Waals surface area contributed by atoms with Gasteiger partial charge in [0.05, 0.1) is 11.4 Å². The fraction of sp³-hybridized carbons (Fsp3) is 0.235. The molecule has 3 aromatic rings. The molecule has 0 radical (unpaired) electrons. The molecule has 20 heavy (non-hydrogen) atoms. The number of anilines is 1. The van der Waals surface area contributed by atoms with Crippen molar-refractivity contribution < 1.29 is 0 Å². The van der Waals surface area contributed by atoms with Crippen LogP contribution in [-0.4, -0.2) is 9.38 Å². The van der Waals surface area contributed by atoms with E-state index in [0.717, 1.165) is 28.3 Å². The van der Waals surface area contributed by atoms with E-state index in [4.69, 9.17) is 10.7 Å². The molecular formula is C17H19N3. The molecule has 0 aliphatic heterocycles.